The van der Waals surface area contributed by atoms with Crippen LogP contribution >= 0.6 is 0 Å². The monoisotopic (exact) mass is 341 g/mol. The van der Waals surface area contributed by atoms with Gasteiger partial charge >= 0.3 is 5.97 Å². The van der Waals surface area contributed by atoms with Gasteiger partial charge in [0.25, 0.3) is 0 Å². The summed E-state index contributed by atoms with van der Waals surface area (Å²) in [6.45, 7) is 6.85. The number of aryl methyl sites for hydroxylation is 1. The number of carbonyl (C=O) groups is 1. The number of ether oxygens (including phenoxy) is 2. The van der Waals surface area contributed by atoms with Crippen LogP contribution in [0.25, 0.3) is 0 Å². The summed E-state index contributed by atoms with van der Waals surface area (Å²) in [5.74, 6) is -0.224. The van der Waals surface area contributed by atoms with Crippen LogP contribution in [0.5, 0.6) is 5.75 Å². The van der Waals surface area contributed by atoms with E-state index in [9.17, 15) is 13.2 Å². The summed E-state index contributed by atoms with van der Waals surface area (Å²) in [5, 5.41) is 0. The standard InChI is InChI=1S/C16H23NO5S/c1-4-21-14-10-12(3)15(11-13(14)16(18)22-5-2)23(19,20)17-8-6-7-9-17/h10-11H,4-9H2,1-3H3. The van der Waals surface area contributed by atoms with E-state index in [1.807, 2.05) is 0 Å². The first-order chi connectivity index (χ1) is 10.9. The number of hydrogen-bond donors (Lipinski definition) is 0. The van der Waals surface area contributed by atoms with Gasteiger partial charge < -0.3 is 9.47 Å². The number of rotatable bonds is 6. The van der Waals surface area contributed by atoms with Crippen molar-refractivity contribution in [1.29, 1.82) is 0 Å². The van der Waals surface area contributed by atoms with Crippen LogP contribution < -0.4 is 4.74 Å². The van der Waals surface area contributed by atoms with Gasteiger partial charge in [-0.25, -0.2) is 13.2 Å². The van der Waals surface area contributed by atoms with Crippen LogP contribution in [-0.2, 0) is 14.8 Å². The van der Waals surface area contributed by atoms with Crippen LogP contribution in [0.15, 0.2) is 17.0 Å². The number of sulfonamides is 1. The fourth-order valence-corrected chi connectivity index (χ4v) is 4.40. The van der Waals surface area contributed by atoms with E-state index in [2.05, 4.69) is 0 Å². The predicted octanol–water partition coefficient (Wildman–Crippen LogP) is 2.35. The summed E-state index contributed by atoms with van der Waals surface area (Å²) >= 11 is 0. The maximum atomic E-state index is 12.8. The molecule has 6 nitrogen and oxygen atoms in total. The summed E-state index contributed by atoms with van der Waals surface area (Å²) in [6, 6.07) is 2.98. The van der Waals surface area contributed by atoms with Gasteiger partial charge in [0.15, 0.2) is 0 Å². The predicted molar refractivity (Wildman–Crippen MR) is 86.3 cm³/mol. The smallest absolute Gasteiger partial charge is 0.341 e. The first kappa shape index (κ1) is 17.7. The van der Waals surface area contributed by atoms with E-state index in [0.717, 1.165) is 12.8 Å². The first-order valence-electron chi connectivity index (χ1n) is 7.86. The minimum absolute atomic E-state index is 0.144. The normalized spacial score (nSPS) is 15.6. The quantitative estimate of drug-likeness (QED) is 0.743. The zero-order valence-corrected chi connectivity index (χ0v) is 14.6. The molecule has 1 aromatic carbocycles. The second kappa shape index (κ2) is 7.31. The van der Waals surface area contributed by atoms with Gasteiger partial charge in [0.2, 0.25) is 10.0 Å². The van der Waals surface area contributed by atoms with Crippen molar-refractivity contribution in [2.75, 3.05) is 26.3 Å². The van der Waals surface area contributed by atoms with Crippen LogP contribution in [0, 0.1) is 6.92 Å². The molecule has 1 fully saturated rings. The van der Waals surface area contributed by atoms with Crippen LogP contribution in [0.1, 0.15) is 42.6 Å². The molecular formula is C16H23NO5S. The molecule has 0 radical (unpaired) electrons. The highest BCUT2D eigenvalue weighted by Crippen LogP contribution is 2.30. The third-order valence-corrected chi connectivity index (χ3v) is 5.80. The molecule has 7 heteroatoms. The Morgan fingerprint density at radius 2 is 1.83 bits per heavy atom. The van der Waals surface area contributed by atoms with E-state index in [1.54, 1.807) is 26.8 Å². The lowest BCUT2D eigenvalue weighted by atomic mass is 10.1. The number of esters is 1. The molecule has 128 valence electrons. The fourth-order valence-electron chi connectivity index (χ4n) is 2.65. The van der Waals surface area contributed by atoms with E-state index in [4.69, 9.17) is 9.47 Å². The Bertz CT molecular complexity index is 678. The molecule has 0 unspecified atom stereocenters. The highest BCUT2D eigenvalue weighted by atomic mass is 32.2. The van der Waals surface area contributed by atoms with Gasteiger partial charge in [-0.2, -0.15) is 4.31 Å². The fraction of sp³-hybridized carbons (Fsp3) is 0.562. The lowest BCUT2D eigenvalue weighted by Crippen LogP contribution is -2.28. The second-order valence-electron chi connectivity index (χ2n) is 5.38. The molecule has 0 atom stereocenters. The van der Waals surface area contributed by atoms with Crippen molar-refractivity contribution in [3.05, 3.63) is 23.3 Å². The van der Waals surface area contributed by atoms with E-state index < -0.39 is 16.0 Å². The van der Waals surface area contributed by atoms with E-state index in [0.29, 0.717) is 31.0 Å². The Morgan fingerprint density at radius 1 is 1.17 bits per heavy atom. The van der Waals surface area contributed by atoms with Crippen molar-refractivity contribution >= 4 is 16.0 Å². The van der Waals surface area contributed by atoms with Crippen LogP contribution in [0.4, 0.5) is 0 Å². The largest absolute Gasteiger partial charge is 0.493 e. The Hall–Kier alpha value is -1.60. The third-order valence-electron chi connectivity index (χ3n) is 3.76. The Balaban J connectivity index is 2.52. The average Bonchev–Trinajstić information content (AvgIpc) is 3.02. The number of carbonyl (C=O) groups excluding carboxylic acids is 1. The molecule has 1 aliphatic heterocycles. The number of benzene rings is 1. The molecule has 23 heavy (non-hydrogen) atoms. The van der Waals surface area contributed by atoms with Gasteiger partial charge in [-0.3, -0.25) is 0 Å². The van der Waals surface area contributed by atoms with Gasteiger partial charge in [-0.1, -0.05) is 0 Å². The topological polar surface area (TPSA) is 72.9 Å². The van der Waals surface area contributed by atoms with Crippen LogP contribution in [0.3, 0.4) is 0 Å². The third kappa shape index (κ3) is 3.67. The summed E-state index contributed by atoms with van der Waals surface area (Å²) < 4.78 is 37.5. The minimum Gasteiger partial charge on any atom is -0.493 e. The number of nitrogens with zero attached hydrogens (tertiary/aromatic N) is 1. The molecule has 0 aromatic heterocycles. The van der Waals surface area contributed by atoms with Crippen molar-refractivity contribution in [3.63, 3.8) is 0 Å². The first-order valence-corrected chi connectivity index (χ1v) is 9.30. The van der Waals surface area contributed by atoms with E-state index >= 15 is 0 Å². The molecular weight excluding hydrogens is 318 g/mol. The van der Waals surface area contributed by atoms with E-state index in [1.165, 1.54) is 10.4 Å². The Labute approximate surface area is 137 Å². The molecule has 0 spiro atoms. The summed E-state index contributed by atoms with van der Waals surface area (Å²) in [6.07, 6.45) is 1.72. The van der Waals surface area contributed by atoms with E-state index in [-0.39, 0.29) is 17.1 Å². The number of hydrogen-bond acceptors (Lipinski definition) is 5. The molecule has 0 N–H and O–H groups in total. The van der Waals surface area contributed by atoms with Crippen molar-refractivity contribution < 1.29 is 22.7 Å². The maximum Gasteiger partial charge on any atom is 0.341 e. The van der Waals surface area contributed by atoms with Crippen molar-refractivity contribution in [2.45, 2.75) is 38.5 Å². The summed E-state index contributed by atoms with van der Waals surface area (Å²) in [7, 11) is -3.60. The van der Waals surface area contributed by atoms with Crippen LogP contribution in [-0.4, -0.2) is 45.0 Å². The average molecular weight is 341 g/mol. The lowest BCUT2D eigenvalue weighted by molar-refractivity contribution is 0.0521. The SMILES string of the molecule is CCOC(=O)c1cc(S(=O)(=O)N2CCCC2)c(C)cc1OCC. The van der Waals surface area contributed by atoms with Crippen molar-refractivity contribution in [2.24, 2.45) is 0 Å². The van der Waals surface area contributed by atoms with Crippen molar-refractivity contribution in [1.82, 2.24) is 4.31 Å². The maximum absolute atomic E-state index is 12.8. The highest BCUT2D eigenvalue weighted by Gasteiger charge is 2.30. The van der Waals surface area contributed by atoms with Gasteiger partial charge in [0.1, 0.15) is 11.3 Å². The molecule has 0 bridgehead atoms. The molecule has 1 saturated heterocycles. The lowest BCUT2D eigenvalue weighted by Gasteiger charge is -2.19. The van der Waals surface area contributed by atoms with Crippen molar-refractivity contribution in [3.8, 4) is 5.75 Å². The highest BCUT2D eigenvalue weighted by molar-refractivity contribution is 7.89. The minimum atomic E-state index is -3.60. The zero-order valence-electron chi connectivity index (χ0n) is 13.8. The Morgan fingerprint density at radius 3 is 2.39 bits per heavy atom. The summed E-state index contributed by atoms with van der Waals surface area (Å²) in [4.78, 5) is 12.3. The van der Waals surface area contributed by atoms with Gasteiger partial charge in [0, 0.05) is 13.1 Å². The molecule has 1 aromatic rings. The second-order valence-corrected chi connectivity index (χ2v) is 7.28. The van der Waals surface area contributed by atoms with Gasteiger partial charge in [-0.05, 0) is 51.3 Å². The van der Waals surface area contributed by atoms with Gasteiger partial charge in [-0.15, -0.1) is 0 Å². The summed E-state index contributed by atoms with van der Waals surface area (Å²) in [5.41, 5.74) is 0.713. The Kier molecular flexibility index (Phi) is 5.64. The molecule has 0 aliphatic carbocycles. The molecule has 1 aliphatic rings. The molecule has 0 amide bonds. The molecule has 2 rings (SSSR count). The zero-order chi connectivity index (χ0) is 17.0. The molecule has 0 saturated carbocycles. The van der Waals surface area contributed by atoms with Gasteiger partial charge in [0.05, 0.1) is 18.1 Å². The van der Waals surface area contributed by atoms with Crippen LogP contribution in [0.2, 0.25) is 0 Å². The molecule has 1 heterocycles.